The Hall–Kier alpha value is -1.62. The third-order valence-electron chi connectivity index (χ3n) is 2.91. The van der Waals surface area contributed by atoms with E-state index in [4.69, 9.17) is 5.73 Å². The molecular weight excluding hydrogens is 246 g/mol. The van der Waals surface area contributed by atoms with Crippen LogP contribution in [0.25, 0.3) is 0 Å². The van der Waals surface area contributed by atoms with E-state index in [1.54, 1.807) is 12.3 Å². The number of hydrogen-bond donors (Lipinski definition) is 1. The molecule has 0 bridgehead atoms. The van der Waals surface area contributed by atoms with Crippen LogP contribution in [0.1, 0.15) is 11.3 Å². The van der Waals surface area contributed by atoms with Crippen LogP contribution in [0.15, 0.2) is 35.4 Å². The van der Waals surface area contributed by atoms with Gasteiger partial charge in [0.1, 0.15) is 0 Å². The fourth-order valence-corrected chi connectivity index (χ4v) is 3.13. The van der Waals surface area contributed by atoms with Gasteiger partial charge in [-0.2, -0.15) is 5.10 Å². The largest absolute Gasteiger partial charge is 0.399 e. The Bertz CT molecular complexity index is 577. The lowest BCUT2D eigenvalue weighted by Crippen LogP contribution is -2.07. The van der Waals surface area contributed by atoms with Crippen LogP contribution in [0, 0.1) is 6.92 Å². The zero-order valence-electron chi connectivity index (χ0n) is 10.6. The van der Waals surface area contributed by atoms with Crippen molar-refractivity contribution in [3.8, 4) is 0 Å². The van der Waals surface area contributed by atoms with Crippen LogP contribution in [0.3, 0.4) is 0 Å². The fraction of sp³-hybridized carbons (Fsp3) is 0.308. The molecular formula is C13H17N3OS. The van der Waals surface area contributed by atoms with Crippen molar-refractivity contribution in [3.05, 3.63) is 41.7 Å². The van der Waals surface area contributed by atoms with E-state index >= 15 is 0 Å². The Balaban J connectivity index is 2.06. The molecule has 2 N–H and O–H groups in total. The van der Waals surface area contributed by atoms with E-state index in [2.05, 4.69) is 5.10 Å². The molecule has 1 atom stereocenters. The van der Waals surface area contributed by atoms with Crippen molar-refractivity contribution in [3.63, 3.8) is 0 Å². The van der Waals surface area contributed by atoms with Gasteiger partial charge in [0, 0.05) is 41.7 Å². The van der Waals surface area contributed by atoms with Crippen LogP contribution < -0.4 is 5.73 Å². The normalized spacial score (nSPS) is 12.6. The van der Waals surface area contributed by atoms with Gasteiger partial charge in [-0.3, -0.25) is 8.89 Å². The van der Waals surface area contributed by atoms with Crippen molar-refractivity contribution in [2.75, 3.05) is 11.5 Å². The summed E-state index contributed by atoms with van der Waals surface area (Å²) in [6.07, 6.45) is 2.51. The molecule has 4 nitrogen and oxygen atoms in total. The third-order valence-corrected chi connectivity index (χ3v) is 4.43. The van der Waals surface area contributed by atoms with Gasteiger partial charge in [0.05, 0.1) is 10.8 Å². The minimum absolute atomic E-state index is 0.601. The lowest BCUT2D eigenvalue weighted by Gasteiger charge is -2.07. The van der Waals surface area contributed by atoms with Gasteiger partial charge in [-0.15, -0.1) is 0 Å². The summed E-state index contributed by atoms with van der Waals surface area (Å²) in [4.78, 5) is 0.867. The predicted molar refractivity (Wildman–Crippen MR) is 73.8 cm³/mol. The van der Waals surface area contributed by atoms with E-state index in [1.807, 2.05) is 36.9 Å². The van der Waals surface area contributed by atoms with Gasteiger partial charge in [0.15, 0.2) is 0 Å². The molecule has 0 fully saturated rings. The highest BCUT2D eigenvalue weighted by molar-refractivity contribution is 7.85. The monoisotopic (exact) mass is 263 g/mol. The van der Waals surface area contributed by atoms with Crippen molar-refractivity contribution in [1.29, 1.82) is 0 Å². The standard InChI is InChI=1S/C13H17N3OS/c1-10-9-11(14)3-4-13(10)18(17)8-6-12-5-7-15-16(12)2/h3-5,7,9H,6,8,14H2,1-2H3. The first-order valence-electron chi connectivity index (χ1n) is 5.79. The molecule has 18 heavy (non-hydrogen) atoms. The molecule has 5 heteroatoms. The summed E-state index contributed by atoms with van der Waals surface area (Å²) in [5.74, 6) is 0.601. The van der Waals surface area contributed by atoms with Crippen molar-refractivity contribution >= 4 is 16.5 Å². The Morgan fingerprint density at radius 3 is 2.78 bits per heavy atom. The SMILES string of the molecule is Cc1cc(N)ccc1S(=O)CCc1ccnn1C. The topological polar surface area (TPSA) is 60.9 Å². The highest BCUT2D eigenvalue weighted by Gasteiger charge is 2.09. The molecule has 0 radical (unpaired) electrons. The van der Waals surface area contributed by atoms with Gasteiger partial charge in [0.25, 0.3) is 0 Å². The molecule has 2 rings (SSSR count). The molecule has 1 aromatic heterocycles. The molecule has 0 aliphatic rings. The highest BCUT2D eigenvalue weighted by atomic mass is 32.2. The first-order chi connectivity index (χ1) is 8.58. The second-order valence-electron chi connectivity index (χ2n) is 4.27. The summed E-state index contributed by atoms with van der Waals surface area (Å²) < 4.78 is 14.0. The highest BCUT2D eigenvalue weighted by Crippen LogP contribution is 2.17. The van der Waals surface area contributed by atoms with Gasteiger partial charge in [0.2, 0.25) is 0 Å². The Morgan fingerprint density at radius 2 is 2.17 bits per heavy atom. The Morgan fingerprint density at radius 1 is 1.39 bits per heavy atom. The first kappa shape index (κ1) is 12.8. The minimum atomic E-state index is -0.993. The maximum absolute atomic E-state index is 12.2. The molecule has 0 saturated heterocycles. The van der Waals surface area contributed by atoms with Crippen LogP contribution in [0.4, 0.5) is 5.69 Å². The van der Waals surface area contributed by atoms with Crippen LogP contribution in [0.2, 0.25) is 0 Å². The average Bonchev–Trinajstić information content (AvgIpc) is 2.72. The maximum atomic E-state index is 12.2. The summed E-state index contributed by atoms with van der Waals surface area (Å²) in [6, 6.07) is 7.46. The van der Waals surface area contributed by atoms with Crippen LogP contribution in [-0.2, 0) is 24.3 Å². The van der Waals surface area contributed by atoms with E-state index < -0.39 is 10.8 Å². The maximum Gasteiger partial charge on any atom is 0.0536 e. The summed E-state index contributed by atoms with van der Waals surface area (Å²) in [7, 11) is 0.903. The zero-order valence-corrected chi connectivity index (χ0v) is 11.4. The molecule has 0 aliphatic carbocycles. The summed E-state index contributed by atoms with van der Waals surface area (Å²) in [5.41, 5.74) is 8.47. The molecule has 0 spiro atoms. The quantitative estimate of drug-likeness (QED) is 0.853. The number of hydrogen-bond acceptors (Lipinski definition) is 3. The minimum Gasteiger partial charge on any atom is -0.399 e. The summed E-state index contributed by atoms with van der Waals surface area (Å²) in [6.45, 7) is 1.94. The average molecular weight is 263 g/mol. The van der Waals surface area contributed by atoms with E-state index in [0.29, 0.717) is 11.4 Å². The van der Waals surface area contributed by atoms with Gasteiger partial charge in [-0.25, -0.2) is 0 Å². The zero-order chi connectivity index (χ0) is 13.1. The molecule has 0 saturated carbocycles. The molecule has 96 valence electrons. The lowest BCUT2D eigenvalue weighted by atomic mass is 10.2. The second kappa shape index (κ2) is 5.35. The van der Waals surface area contributed by atoms with Gasteiger partial charge < -0.3 is 5.73 Å². The number of anilines is 1. The van der Waals surface area contributed by atoms with Gasteiger partial charge in [-0.1, -0.05) is 0 Å². The molecule has 1 aromatic carbocycles. The number of nitrogens with zero attached hydrogens (tertiary/aromatic N) is 2. The smallest absolute Gasteiger partial charge is 0.0536 e. The molecule has 1 heterocycles. The number of benzene rings is 1. The first-order valence-corrected chi connectivity index (χ1v) is 7.11. The summed E-state index contributed by atoms with van der Waals surface area (Å²) >= 11 is 0. The second-order valence-corrected chi connectivity index (χ2v) is 5.81. The van der Waals surface area contributed by atoms with Crippen molar-refractivity contribution in [1.82, 2.24) is 9.78 Å². The predicted octanol–water partition coefficient (Wildman–Crippen LogP) is 1.66. The number of rotatable bonds is 4. The van der Waals surface area contributed by atoms with Crippen molar-refractivity contribution < 1.29 is 4.21 Å². The third kappa shape index (κ3) is 2.79. The summed E-state index contributed by atoms with van der Waals surface area (Å²) in [5, 5.41) is 4.10. The molecule has 2 aromatic rings. The van der Waals surface area contributed by atoms with E-state index in [9.17, 15) is 4.21 Å². The lowest BCUT2D eigenvalue weighted by molar-refractivity contribution is 0.677. The van der Waals surface area contributed by atoms with E-state index in [0.717, 1.165) is 22.6 Å². The number of aryl methyl sites for hydroxylation is 3. The van der Waals surface area contributed by atoms with Crippen molar-refractivity contribution in [2.24, 2.45) is 7.05 Å². The molecule has 1 unspecified atom stereocenters. The van der Waals surface area contributed by atoms with Crippen molar-refractivity contribution in [2.45, 2.75) is 18.2 Å². The molecule has 0 aliphatic heterocycles. The van der Waals surface area contributed by atoms with Crippen LogP contribution in [0.5, 0.6) is 0 Å². The Labute approximate surface area is 109 Å². The number of nitrogens with two attached hydrogens (primary N) is 1. The van der Waals surface area contributed by atoms with Crippen LogP contribution in [-0.4, -0.2) is 19.7 Å². The fourth-order valence-electron chi connectivity index (χ4n) is 1.88. The Kier molecular flexibility index (Phi) is 3.81. The number of nitrogen functional groups attached to an aromatic ring is 1. The van der Waals surface area contributed by atoms with E-state index in [1.165, 1.54) is 0 Å². The van der Waals surface area contributed by atoms with Crippen LogP contribution >= 0.6 is 0 Å². The number of aromatic nitrogens is 2. The van der Waals surface area contributed by atoms with Gasteiger partial charge in [-0.05, 0) is 36.8 Å². The van der Waals surface area contributed by atoms with E-state index in [-0.39, 0.29) is 0 Å². The molecule has 0 amide bonds. The van der Waals surface area contributed by atoms with Gasteiger partial charge >= 0.3 is 0 Å².